The van der Waals surface area contributed by atoms with Crippen LogP contribution in [0.2, 0.25) is 0 Å². The van der Waals surface area contributed by atoms with Gasteiger partial charge in [0.25, 0.3) is 0 Å². The molecule has 3 rings (SSSR count). The molecule has 0 aromatic heterocycles. The molecule has 0 saturated carbocycles. The molecule has 1 N–H and O–H groups in total. The van der Waals surface area contributed by atoms with E-state index >= 15 is 0 Å². The van der Waals surface area contributed by atoms with Gasteiger partial charge in [0, 0.05) is 28.8 Å². The highest BCUT2D eigenvalue weighted by Gasteiger charge is 2.14. The molecule has 0 unspecified atom stereocenters. The van der Waals surface area contributed by atoms with E-state index in [1.165, 1.54) is 5.69 Å². The second-order valence-corrected chi connectivity index (χ2v) is 5.95. The van der Waals surface area contributed by atoms with Gasteiger partial charge >= 0.3 is 0 Å². The van der Waals surface area contributed by atoms with Gasteiger partial charge in [-0.1, -0.05) is 40.2 Å². The van der Waals surface area contributed by atoms with E-state index in [9.17, 15) is 0 Å². The molecule has 2 aromatic carbocycles. The second kappa shape index (κ2) is 7.42. The van der Waals surface area contributed by atoms with Crippen molar-refractivity contribution in [3.05, 3.63) is 58.6 Å². The van der Waals surface area contributed by atoms with Crippen LogP contribution in [0.25, 0.3) is 0 Å². The van der Waals surface area contributed by atoms with Gasteiger partial charge in [-0.15, -0.1) is 0 Å². The van der Waals surface area contributed by atoms with Crippen LogP contribution in [0, 0.1) is 0 Å². The summed E-state index contributed by atoms with van der Waals surface area (Å²) in [6.45, 7) is 3.35. The summed E-state index contributed by atoms with van der Waals surface area (Å²) >= 11 is 3.55. The number of hydrazone groups is 1. The number of nitrogens with one attached hydrogen (secondary N) is 1. The molecule has 4 nitrogen and oxygen atoms in total. The van der Waals surface area contributed by atoms with Gasteiger partial charge in [0.1, 0.15) is 0 Å². The highest BCUT2D eigenvalue weighted by molar-refractivity contribution is 9.10. The minimum Gasteiger partial charge on any atom is -0.378 e. The molecular formula is C17H18BrN3O. The van der Waals surface area contributed by atoms with E-state index in [0.717, 1.165) is 42.0 Å². The highest BCUT2D eigenvalue weighted by atomic mass is 79.9. The van der Waals surface area contributed by atoms with E-state index in [-0.39, 0.29) is 0 Å². The van der Waals surface area contributed by atoms with Crippen molar-refractivity contribution in [1.82, 2.24) is 0 Å². The SMILES string of the molecule is Brc1ccc(C=NNc2ccccc2)c(N2CCOCC2)c1. The van der Waals surface area contributed by atoms with Crippen molar-refractivity contribution in [3.8, 4) is 0 Å². The first-order valence-electron chi connectivity index (χ1n) is 7.29. The van der Waals surface area contributed by atoms with E-state index in [2.05, 4.69) is 43.5 Å². The molecule has 0 bridgehead atoms. The van der Waals surface area contributed by atoms with Gasteiger partial charge in [0.05, 0.1) is 25.1 Å². The van der Waals surface area contributed by atoms with Crippen LogP contribution < -0.4 is 10.3 Å². The molecule has 0 amide bonds. The minimum absolute atomic E-state index is 0.769. The molecule has 5 heteroatoms. The predicted molar refractivity (Wildman–Crippen MR) is 94.8 cm³/mol. The average Bonchev–Trinajstić information content (AvgIpc) is 2.58. The van der Waals surface area contributed by atoms with E-state index in [1.54, 1.807) is 0 Å². The van der Waals surface area contributed by atoms with E-state index in [1.807, 2.05) is 42.6 Å². The Morgan fingerprint density at radius 1 is 1.09 bits per heavy atom. The predicted octanol–water partition coefficient (Wildman–Crippen LogP) is 3.73. The van der Waals surface area contributed by atoms with Crippen LogP contribution in [0.15, 0.2) is 58.1 Å². The smallest absolute Gasteiger partial charge is 0.0642 e. The number of nitrogens with zero attached hydrogens (tertiary/aromatic N) is 2. The molecule has 1 fully saturated rings. The average molecular weight is 360 g/mol. The third-order valence-corrected chi connectivity index (χ3v) is 4.01. The highest BCUT2D eigenvalue weighted by Crippen LogP contribution is 2.25. The van der Waals surface area contributed by atoms with Crippen LogP contribution in [0.3, 0.4) is 0 Å². The first-order valence-corrected chi connectivity index (χ1v) is 8.08. The van der Waals surface area contributed by atoms with Gasteiger partial charge in [-0.3, -0.25) is 5.43 Å². The summed E-state index contributed by atoms with van der Waals surface area (Å²) in [6, 6.07) is 16.2. The molecule has 0 atom stereocenters. The zero-order chi connectivity index (χ0) is 15.2. The molecule has 22 heavy (non-hydrogen) atoms. The maximum Gasteiger partial charge on any atom is 0.0642 e. The van der Waals surface area contributed by atoms with Crippen molar-refractivity contribution in [3.63, 3.8) is 0 Å². The summed E-state index contributed by atoms with van der Waals surface area (Å²) in [5.74, 6) is 0. The van der Waals surface area contributed by atoms with Gasteiger partial charge in [-0.2, -0.15) is 5.10 Å². The Bertz CT molecular complexity index is 640. The topological polar surface area (TPSA) is 36.9 Å². The Hall–Kier alpha value is -1.85. The Morgan fingerprint density at radius 3 is 2.64 bits per heavy atom. The molecule has 1 aliphatic rings. The standard InChI is InChI=1S/C17H18BrN3O/c18-15-7-6-14(13-19-20-16-4-2-1-3-5-16)17(12-15)21-8-10-22-11-9-21/h1-7,12-13,20H,8-11H2. The summed E-state index contributed by atoms with van der Waals surface area (Å²) in [7, 11) is 0. The number of morpholine rings is 1. The molecule has 0 aliphatic carbocycles. The van der Waals surface area contributed by atoms with Crippen LogP contribution in [0.5, 0.6) is 0 Å². The van der Waals surface area contributed by atoms with E-state index in [4.69, 9.17) is 4.74 Å². The molecule has 1 aliphatic heterocycles. The number of halogens is 1. The lowest BCUT2D eigenvalue weighted by Crippen LogP contribution is -2.36. The van der Waals surface area contributed by atoms with Crippen LogP contribution >= 0.6 is 15.9 Å². The Morgan fingerprint density at radius 2 is 1.86 bits per heavy atom. The lowest BCUT2D eigenvalue weighted by molar-refractivity contribution is 0.122. The number of hydrogen-bond donors (Lipinski definition) is 1. The maximum absolute atomic E-state index is 5.43. The lowest BCUT2D eigenvalue weighted by atomic mass is 10.1. The van der Waals surface area contributed by atoms with Crippen molar-refractivity contribution in [1.29, 1.82) is 0 Å². The molecule has 114 valence electrons. The summed E-state index contributed by atoms with van der Waals surface area (Å²) < 4.78 is 6.50. The Labute approximate surface area is 138 Å². The number of rotatable bonds is 4. The van der Waals surface area contributed by atoms with Crippen molar-refractivity contribution < 1.29 is 4.74 Å². The second-order valence-electron chi connectivity index (χ2n) is 5.04. The summed E-state index contributed by atoms with van der Waals surface area (Å²) in [5, 5.41) is 4.35. The van der Waals surface area contributed by atoms with Crippen molar-refractivity contribution in [2.24, 2.45) is 5.10 Å². The van der Waals surface area contributed by atoms with Crippen LogP contribution in [0.4, 0.5) is 11.4 Å². The minimum atomic E-state index is 0.769. The number of benzene rings is 2. The Kier molecular flexibility index (Phi) is 5.08. The molecule has 1 saturated heterocycles. The largest absolute Gasteiger partial charge is 0.378 e. The monoisotopic (exact) mass is 359 g/mol. The quantitative estimate of drug-likeness (QED) is 0.667. The molecule has 2 aromatic rings. The fraction of sp³-hybridized carbons (Fsp3) is 0.235. The fourth-order valence-electron chi connectivity index (χ4n) is 2.39. The normalized spacial score (nSPS) is 15.2. The summed E-state index contributed by atoms with van der Waals surface area (Å²) in [4.78, 5) is 2.33. The summed E-state index contributed by atoms with van der Waals surface area (Å²) in [5.41, 5.74) is 6.30. The Balaban J connectivity index is 1.77. The molecule has 0 radical (unpaired) electrons. The van der Waals surface area contributed by atoms with Gasteiger partial charge in [0.2, 0.25) is 0 Å². The molecular weight excluding hydrogens is 342 g/mol. The van der Waals surface area contributed by atoms with Crippen molar-refractivity contribution >= 4 is 33.5 Å². The zero-order valence-corrected chi connectivity index (χ0v) is 13.8. The maximum atomic E-state index is 5.43. The number of ether oxygens (including phenoxy) is 1. The number of hydrogen-bond acceptors (Lipinski definition) is 4. The van der Waals surface area contributed by atoms with Crippen LogP contribution in [-0.2, 0) is 4.74 Å². The fourth-order valence-corrected chi connectivity index (χ4v) is 2.74. The third-order valence-electron chi connectivity index (χ3n) is 3.52. The first kappa shape index (κ1) is 15.1. The van der Waals surface area contributed by atoms with E-state index < -0.39 is 0 Å². The zero-order valence-electron chi connectivity index (χ0n) is 12.2. The lowest BCUT2D eigenvalue weighted by Gasteiger charge is -2.30. The van der Waals surface area contributed by atoms with E-state index in [0.29, 0.717) is 0 Å². The van der Waals surface area contributed by atoms with Crippen LogP contribution in [0.1, 0.15) is 5.56 Å². The van der Waals surface area contributed by atoms with Crippen molar-refractivity contribution in [2.75, 3.05) is 36.6 Å². The van der Waals surface area contributed by atoms with Gasteiger partial charge < -0.3 is 9.64 Å². The number of para-hydroxylation sites is 1. The van der Waals surface area contributed by atoms with Crippen LogP contribution in [-0.4, -0.2) is 32.5 Å². The third kappa shape index (κ3) is 3.87. The van der Waals surface area contributed by atoms with Gasteiger partial charge in [-0.05, 0) is 24.3 Å². The van der Waals surface area contributed by atoms with Gasteiger partial charge in [-0.25, -0.2) is 0 Å². The number of anilines is 2. The molecule has 1 heterocycles. The van der Waals surface area contributed by atoms with Gasteiger partial charge in [0.15, 0.2) is 0 Å². The molecule has 0 spiro atoms. The summed E-state index contributed by atoms with van der Waals surface area (Å²) in [6.07, 6.45) is 1.87. The van der Waals surface area contributed by atoms with Crippen molar-refractivity contribution in [2.45, 2.75) is 0 Å². The first-order chi connectivity index (χ1) is 10.8.